The maximum atomic E-state index is 12.1. The SMILES string of the molecule is O=C(COc1ccc(Br)cc1)N[C@@H]1CCSc2ccccc21. The molecular weight excluding hydrogens is 362 g/mol. The second-order valence-electron chi connectivity index (χ2n) is 5.04. The third-order valence-corrected chi connectivity index (χ3v) is 5.13. The average Bonchev–Trinajstić information content (AvgIpc) is 2.55. The Labute approximate surface area is 142 Å². The Morgan fingerprint density at radius 1 is 1.23 bits per heavy atom. The van der Waals surface area contributed by atoms with Gasteiger partial charge in [0.05, 0.1) is 6.04 Å². The largest absolute Gasteiger partial charge is 0.484 e. The van der Waals surface area contributed by atoms with Crippen LogP contribution in [0.2, 0.25) is 0 Å². The molecule has 0 spiro atoms. The maximum absolute atomic E-state index is 12.1. The van der Waals surface area contributed by atoms with E-state index in [2.05, 4.69) is 33.4 Å². The first-order valence-corrected chi connectivity index (χ1v) is 8.90. The molecule has 3 nitrogen and oxygen atoms in total. The summed E-state index contributed by atoms with van der Waals surface area (Å²) in [6.45, 7) is 0.0352. The highest BCUT2D eigenvalue weighted by Gasteiger charge is 2.21. The van der Waals surface area contributed by atoms with Crippen LogP contribution >= 0.6 is 27.7 Å². The number of benzene rings is 2. The lowest BCUT2D eigenvalue weighted by molar-refractivity contribution is -0.123. The summed E-state index contributed by atoms with van der Waals surface area (Å²) in [7, 11) is 0. The smallest absolute Gasteiger partial charge is 0.258 e. The van der Waals surface area contributed by atoms with Crippen molar-refractivity contribution in [2.75, 3.05) is 12.4 Å². The third-order valence-electron chi connectivity index (χ3n) is 3.48. The Bertz CT molecular complexity index is 660. The molecule has 0 bridgehead atoms. The van der Waals surface area contributed by atoms with Gasteiger partial charge in [-0.05, 0) is 42.3 Å². The van der Waals surface area contributed by atoms with Crippen molar-refractivity contribution in [3.63, 3.8) is 0 Å². The van der Waals surface area contributed by atoms with Gasteiger partial charge in [-0.25, -0.2) is 0 Å². The van der Waals surface area contributed by atoms with Gasteiger partial charge in [-0.1, -0.05) is 34.1 Å². The van der Waals surface area contributed by atoms with Crippen molar-refractivity contribution in [2.24, 2.45) is 0 Å². The summed E-state index contributed by atoms with van der Waals surface area (Å²) in [5, 5.41) is 3.07. The fourth-order valence-electron chi connectivity index (χ4n) is 2.41. The molecule has 0 aromatic heterocycles. The first-order valence-electron chi connectivity index (χ1n) is 7.12. The number of nitrogens with one attached hydrogen (secondary N) is 1. The standard InChI is InChI=1S/C17H16BrNO2S/c18-12-5-7-13(8-6-12)21-11-17(20)19-15-9-10-22-16-4-2-1-3-14(15)16/h1-8,15H,9-11H2,(H,19,20)/t15-/m1/s1. The molecule has 3 rings (SSSR count). The van der Waals surface area contributed by atoms with Gasteiger partial charge in [0.15, 0.2) is 6.61 Å². The summed E-state index contributed by atoms with van der Waals surface area (Å²) >= 11 is 5.21. The second-order valence-corrected chi connectivity index (χ2v) is 7.09. The van der Waals surface area contributed by atoms with Crippen molar-refractivity contribution in [3.8, 4) is 5.75 Å². The summed E-state index contributed by atoms with van der Waals surface area (Å²) in [4.78, 5) is 13.4. The molecule has 22 heavy (non-hydrogen) atoms. The van der Waals surface area contributed by atoms with Gasteiger partial charge in [-0.3, -0.25) is 4.79 Å². The van der Waals surface area contributed by atoms with Crippen molar-refractivity contribution in [3.05, 3.63) is 58.6 Å². The molecule has 0 saturated heterocycles. The number of hydrogen-bond acceptors (Lipinski definition) is 3. The Balaban J connectivity index is 1.57. The molecule has 2 aromatic carbocycles. The van der Waals surface area contributed by atoms with Crippen LogP contribution in [0.5, 0.6) is 5.75 Å². The zero-order valence-electron chi connectivity index (χ0n) is 11.9. The molecule has 1 heterocycles. The van der Waals surface area contributed by atoms with E-state index in [1.54, 1.807) is 0 Å². The highest BCUT2D eigenvalue weighted by Crippen LogP contribution is 2.35. The van der Waals surface area contributed by atoms with Crippen molar-refractivity contribution in [1.82, 2.24) is 5.32 Å². The minimum atomic E-state index is -0.0883. The van der Waals surface area contributed by atoms with E-state index >= 15 is 0 Å². The van der Waals surface area contributed by atoms with Crippen LogP contribution in [0.1, 0.15) is 18.0 Å². The van der Waals surface area contributed by atoms with E-state index < -0.39 is 0 Å². The molecule has 0 aliphatic carbocycles. The number of amides is 1. The maximum Gasteiger partial charge on any atom is 0.258 e. The topological polar surface area (TPSA) is 38.3 Å². The molecule has 0 radical (unpaired) electrons. The summed E-state index contributed by atoms with van der Waals surface area (Å²) in [5.74, 6) is 1.63. The lowest BCUT2D eigenvalue weighted by atomic mass is 10.0. The molecule has 0 fully saturated rings. The first kappa shape index (κ1) is 15.4. The van der Waals surface area contributed by atoms with Crippen LogP contribution < -0.4 is 10.1 Å². The van der Waals surface area contributed by atoms with Crippen LogP contribution in [-0.2, 0) is 4.79 Å². The molecule has 1 amide bonds. The molecule has 1 aliphatic heterocycles. The number of fused-ring (bicyclic) bond motifs is 1. The average molecular weight is 378 g/mol. The van der Waals surface area contributed by atoms with Crippen molar-refractivity contribution < 1.29 is 9.53 Å². The van der Waals surface area contributed by atoms with Crippen LogP contribution in [0.15, 0.2) is 57.9 Å². The van der Waals surface area contributed by atoms with Crippen molar-refractivity contribution in [1.29, 1.82) is 0 Å². The van der Waals surface area contributed by atoms with Gasteiger partial charge in [0, 0.05) is 15.1 Å². The van der Waals surface area contributed by atoms with E-state index in [4.69, 9.17) is 4.74 Å². The minimum Gasteiger partial charge on any atom is -0.484 e. The van der Waals surface area contributed by atoms with Gasteiger partial charge in [-0.15, -0.1) is 11.8 Å². The van der Waals surface area contributed by atoms with E-state index in [0.29, 0.717) is 5.75 Å². The first-order chi connectivity index (χ1) is 10.7. The number of rotatable bonds is 4. The Hall–Kier alpha value is -1.46. The van der Waals surface area contributed by atoms with E-state index in [9.17, 15) is 4.79 Å². The fourth-order valence-corrected chi connectivity index (χ4v) is 3.80. The molecule has 2 aromatic rings. The van der Waals surface area contributed by atoms with Gasteiger partial charge in [-0.2, -0.15) is 0 Å². The molecule has 5 heteroatoms. The molecule has 1 aliphatic rings. The van der Waals surface area contributed by atoms with Crippen molar-refractivity contribution >= 4 is 33.6 Å². The monoisotopic (exact) mass is 377 g/mol. The summed E-state index contributed by atoms with van der Waals surface area (Å²) in [6, 6.07) is 15.8. The fraction of sp³-hybridized carbons (Fsp3) is 0.235. The number of carbonyl (C=O) groups is 1. The zero-order valence-corrected chi connectivity index (χ0v) is 14.3. The lowest BCUT2D eigenvalue weighted by Crippen LogP contribution is -2.34. The van der Waals surface area contributed by atoms with Gasteiger partial charge in [0.2, 0.25) is 0 Å². The van der Waals surface area contributed by atoms with Crippen LogP contribution in [-0.4, -0.2) is 18.3 Å². The van der Waals surface area contributed by atoms with Gasteiger partial charge >= 0.3 is 0 Å². The van der Waals surface area contributed by atoms with Gasteiger partial charge in [0.1, 0.15) is 5.75 Å². The highest BCUT2D eigenvalue weighted by molar-refractivity contribution is 9.10. The predicted octanol–water partition coefficient (Wildman–Crippen LogP) is 4.18. The van der Waals surface area contributed by atoms with E-state index in [-0.39, 0.29) is 18.6 Å². The number of thioether (sulfide) groups is 1. The molecule has 1 N–H and O–H groups in total. The Morgan fingerprint density at radius 3 is 2.82 bits per heavy atom. The van der Waals surface area contributed by atoms with Gasteiger partial charge in [0.25, 0.3) is 5.91 Å². The van der Waals surface area contributed by atoms with Crippen LogP contribution in [0.4, 0.5) is 0 Å². The zero-order chi connectivity index (χ0) is 15.4. The van der Waals surface area contributed by atoms with E-state index in [0.717, 1.165) is 16.6 Å². The van der Waals surface area contributed by atoms with Crippen LogP contribution in [0.3, 0.4) is 0 Å². The Kier molecular flexibility index (Phi) is 5.05. The summed E-state index contributed by atoms with van der Waals surface area (Å²) in [5.41, 5.74) is 1.20. The predicted molar refractivity (Wildman–Crippen MR) is 92.3 cm³/mol. The van der Waals surface area contributed by atoms with Crippen LogP contribution in [0, 0.1) is 0 Å². The summed E-state index contributed by atoms with van der Waals surface area (Å²) in [6.07, 6.45) is 0.950. The number of carbonyl (C=O) groups excluding carboxylic acids is 1. The minimum absolute atomic E-state index is 0.0352. The van der Waals surface area contributed by atoms with E-state index in [1.165, 1.54) is 10.5 Å². The number of halogens is 1. The van der Waals surface area contributed by atoms with Gasteiger partial charge < -0.3 is 10.1 Å². The molecule has 0 saturated carbocycles. The highest BCUT2D eigenvalue weighted by atomic mass is 79.9. The molecule has 0 unspecified atom stereocenters. The normalized spacial score (nSPS) is 16.7. The second kappa shape index (κ2) is 7.20. The number of ether oxygens (including phenoxy) is 1. The van der Waals surface area contributed by atoms with Crippen LogP contribution in [0.25, 0.3) is 0 Å². The third kappa shape index (κ3) is 3.84. The lowest BCUT2D eigenvalue weighted by Gasteiger charge is -2.25. The Morgan fingerprint density at radius 2 is 2.00 bits per heavy atom. The molecular formula is C17H16BrNO2S. The summed E-state index contributed by atoms with van der Waals surface area (Å²) < 4.78 is 6.50. The van der Waals surface area contributed by atoms with Crippen molar-refractivity contribution in [2.45, 2.75) is 17.4 Å². The quantitative estimate of drug-likeness (QED) is 0.868. The number of hydrogen-bond donors (Lipinski definition) is 1. The molecule has 1 atom stereocenters. The van der Waals surface area contributed by atoms with E-state index in [1.807, 2.05) is 48.2 Å². The molecule has 114 valence electrons.